The fourth-order valence-electron chi connectivity index (χ4n) is 5.68. The first kappa shape index (κ1) is 35.5. The molecule has 0 spiro atoms. The van der Waals surface area contributed by atoms with Crippen LogP contribution in [0.5, 0.6) is 5.75 Å². The fraction of sp³-hybridized carbons (Fsp3) is 0.0811. The van der Waals surface area contributed by atoms with Gasteiger partial charge in [-0.3, -0.25) is 14.5 Å². The summed E-state index contributed by atoms with van der Waals surface area (Å²) in [5.74, 6) is -7.17. The Morgan fingerprint density at radius 2 is 1.54 bits per heavy atom. The minimum atomic E-state index is -4.38. The number of sulfonamides is 1. The van der Waals surface area contributed by atoms with Crippen LogP contribution in [0.2, 0.25) is 0 Å². The second-order valence-corrected chi connectivity index (χ2v) is 13.1. The van der Waals surface area contributed by atoms with Crippen molar-refractivity contribution in [3.05, 3.63) is 138 Å². The SMILES string of the molecule is COc1c(F)cccc1-c1ccc(CC(NC(=O)c2c(F)cc(NS(=O)(=O)c3ccc(-c4ccnc(F)c4)cc3)cc2F)C(=O)O)c2cccnc12. The van der Waals surface area contributed by atoms with Gasteiger partial charge in [-0.2, -0.15) is 4.39 Å². The Balaban J connectivity index is 1.21. The van der Waals surface area contributed by atoms with Crippen LogP contribution in [0.4, 0.5) is 23.2 Å². The van der Waals surface area contributed by atoms with E-state index in [1.54, 1.807) is 30.3 Å². The molecule has 6 aromatic rings. The van der Waals surface area contributed by atoms with Gasteiger partial charge in [0.2, 0.25) is 5.95 Å². The Morgan fingerprint density at radius 3 is 2.21 bits per heavy atom. The molecule has 52 heavy (non-hydrogen) atoms. The molecule has 0 aliphatic carbocycles. The van der Waals surface area contributed by atoms with Crippen LogP contribution in [-0.4, -0.2) is 48.5 Å². The van der Waals surface area contributed by atoms with Crippen molar-refractivity contribution in [1.29, 1.82) is 0 Å². The zero-order valence-electron chi connectivity index (χ0n) is 26.9. The van der Waals surface area contributed by atoms with Gasteiger partial charge in [0.05, 0.1) is 23.2 Å². The van der Waals surface area contributed by atoms with Gasteiger partial charge in [0.1, 0.15) is 23.2 Å². The fourth-order valence-corrected chi connectivity index (χ4v) is 6.72. The number of methoxy groups -OCH3 is 1. The molecule has 4 aromatic carbocycles. The Bertz CT molecular complexity index is 2440. The first-order valence-corrected chi connectivity index (χ1v) is 16.8. The molecule has 3 N–H and O–H groups in total. The van der Waals surface area contributed by atoms with Crippen LogP contribution >= 0.6 is 0 Å². The molecule has 1 atom stereocenters. The highest BCUT2D eigenvalue weighted by molar-refractivity contribution is 7.92. The second kappa shape index (κ2) is 14.5. The molecular formula is C37H26F4N4O6S. The van der Waals surface area contributed by atoms with E-state index in [1.807, 2.05) is 4.72 Å². The topological polar surface area (TPSA) is 148 Å². The number of halogens is 4. The number of amides is 1. The molecule has 0 bridgehead atoms. The van der Waals surface area contributed by atoms with Crippen molar-refractivity contribution in [2.24, 2.45) is 0 Å². The number of para-hydroxylation sites is 1. The lowest BCUT2D eigenvalue weighted by Gasteiger charge is -2.18. The molecule has 1 unspecified atom stereocenters. The van der Waals surface area contributed by atoms with Crippen molar-refractivity contribution in [3.8, 4) is 28.0 Å². The summed E-state index contributed by atoms with van der Waals surface area (Å²) < 4.78 is 91.7. The van der Waals surface area contributed by atoms with E-state index in [0.29, 0.717) is 50.9 Å². The van der Waals surface area contributed by atoms with Gasteiger partial charge >= 0.3 is 5.97 Å². The average Bonchev–Trinajstić information content (AvgIpc) is 3.11. The predicted molar refractivity (Wildman–Crippen MR) is 183 cm³/mol. The Kier molecular flexibility index (Phi) is 9.88. The number of carbonyl (C=O) groups is 2. The van der Waals surface area contributed by atoms with Gasteiger partial charge < -0.3 is 15.2 Å². The van der Waals surface area contributed by atoms with Crippen LogP contribution < -0.4 is 14.8 Å². The molecular weight excluding hydrogens is 704 g/mol. The number of fused-ring (bicyclic) bond motifs is 1. The maximum absolute atomic E-state index is 15.2. The number of rotatable bonds is 11. The summed E-state index contributed by atoms with van der Waals surface area (Å²) in [6, 6.07) is 18.2. The molecule has 0 radical (unpaired) electrons. The van der Waals surface area contributed by atoms with Gasteiger partial charge in [0, 0.05) is 41.4 Å². The number of anilines is 1. The second-order valence-electron chi connectivity index (χ2n) is 11.4. The third kappa shape index (κ3) is 7.25. The zero-order valence-corrected chi connectivity index (χ0v) is 27.7. The third-order valence-electron chi connectivity index (χ3n) is 8.09. The third-order valence-corrected chi connectivity index (χ3v) is 9.49. The predicted octanol–water partition coefficient (Wildman–Crippen LogP) is 6.76. The van der Waals surface area contributed by atoms with Crippen LogP contribution in [0, 0.1) is 23.4 Å². The zero-order chi connectivity index (χ0) is 37.2. The van der Waals surface area contributed by atoms with E-state index in [0.717, 1.165) is 6.07 Å². The van der Waals surface area contributed by atoms with Gasteiger partial charge in [0.25, 0.3) is 15.9 Å². The Morgan fingerprint density at radius 1 is 0.808 bits per heavy atom. The number of nitrogens with one attached hydrogen (secondary N) is 2. The molecule has 6 rings (SSSR count). The molecule has 0 aliphatic heterocycles. The Hall–Kier alpha value is -6.35. The molecule has 10 nitrogen and oxygen atoms in total. The number of aliphatic carboxylic acids is 1. The van der Waals surface area contributed by atoms with E-state index < -0.39 is 62.6 Å². The van der Waals surface area contributed by atoms with Gasteiger partial charge in [-0.1, -0.05) is 42.5 Å². The molecule has 264 valence electrons. The number of aromatic nitrogens is 2. The summed E-state index contributed by atoms with van der Waals surface area (Å²) in [7, 11) is -3.06. The van der Waals surface area contributed by atoms with Crippen LogP contribution in [0.25, 0.3) is 33.2 Å². The lowest BCUT2D eigenvalue weighted by atomic mass is 9.94. The summed E-state index contributed by atoms with van der Waals surface area (Å²) in [5, 5.41) is 12.6. The van der Waals surface area contributed by atoms with Crippen molar-refractivity contribution >= 4 is 38.5 Å². The molecule has 0 fully saturated rings. The quantitative estimate of drug-likeness (QED) is 0.0980. The number of carbonyl (C=O) groups excluding carboxylic acids is 1. The molecule has 2 aromatic heterocycles. The lowest BCUT2D eigenvalue weighted by molar-refractivity contribution is -0.139. The molecule has 0 aliphatic rings. The monoisotopic (exact) mass is 730 g/mol. The molecule has 1 amide bonds. The van der Waals surface area contributed by atoms with Gasteiger partial charge in [0.15, 0.2) is 11.6 Å². The van der Waals surface area contributed by atoms with Crippen LogP contribution in [-0.2, 0) is 21.2 Å². The molecule has 15 heteroatoms. The van der Waals surface area contributed by atoms with Crippen molar-refractivity contribution in [2.75, 3.05) is 11.8 Å². The number of ether oxygens (including phenoxy) is 1. The maximum atomic E-state index is 15.2. The van der Waals surface area contributed by atoms with E-state index in [4.69, 9.17) is 4.74 Å². The highest BCUT2D eigenvalue weighted by Gasteiger charge is 2.27. The number of carboxylic acids is 1. The standard InChI is InChI=1S/C37H26F4N4O6S/c1-51-35-27(4-2-6-28(35)38)26-12-9-22(25-5-3-14-43-34(25)26)16-31(37(47)48)44-36(46)33-29(39)18-23(19-30(33)40)45-52(49,50)24-10-7-20(8-11-24)21-13-15-42-32(41)17-21/h2-15,17-19,31,45H,16H2,1H3,(H,44,46)(H,47,48). The number of benzene rings is 4. The van der Waals surface area contributed by atoms with Crippen LogP contribution in [0.15, 0.2) is 108 Å². The van der Waals surface area contributed by atoms with E-state index >= 15 is 8.78 Å². The minimum absolute atomic E-state index is 0.0184. The summed E-state index contributed by atoms with van der Waals surface area (Å²) in [6.45, 7) is 0. The first-order chi connectivity index (χ1) is 24.9. The summed E-state index contributed by atoms with van der Waals surface area (Å²) in [6.07, 6.45) is 2.41. The van der Waals surface area contributed by atoms with Gasteiger partial charge in [-0.05, 0) is 59.2 Å². The molecule has 0 saturated heterocycles. The van der Waals surface area contributed by atoms with E-state index in [9.17, 15) is 31.9 Å². The van der Waals surface area contributed by atoms with Gasteiger partial charge in [-0.25, -0.2) is 31.4 Å². The highest BCUT2D eigenvalue weighted by atomic mass is 32.2. The number of hydrogen-bond acceptors (Lipinski definition) is 7. The van der Waals surface area contributed by atoms with E-state index in [2.05, 4.69) is 15.3 Å². The average molecular weight is 731 g/mol. The molecule has 2 heterocycles. The van der Waals surface area contributed by atoms with Gasteiger partial charge in [-0.15, -0.1) is 0 Å². The number of hydrogen-bond donors (Lipinski definition) is 3. The van der Waals surface area contributed by atoms with Crippen molar-refractivity contribution < 1.29 is 45.4 Å². The van der Waals surface area contributed by atoms with Crippen LogP contribution in [0.1, 0.15) is 15.9 Å². The number of carboxylic acid groups (broad SMARTS) is 1. The summed E-state index contributed by atoms with van der Waals surface area (Å²) >= 11 is 0. The smallest absolute Gasteiger partial charge is 0.326 e. The largest absolute Gasteiger partial charge is 0.493 e. The molecule has 0 saturated carbocycles. The minimum Gasteiger partial charge on any atom is -0.493 e. The number of nitrogens with zero attached hydrogens (tertiary/aromatic N) is 2. The van der Waals surface area contributed by atoms with Crippen molar-refractivity contribution in [2.45, 2.75) is 17.4 Å². The lowest BCUT2D eigenvalue weighted by Crippen LogP contribution is -2.43. The Labute approximate surface area is 293 Å². The summed E-state index contributed by atoms with van der Waals surface area (Å²) in [4.78, 5) is 33.0. The highest BCUT2D eigenvalue weighted by Crippen LogP contribution is 2.37. The van der Waals surface area contributed by atoms with Crippen molar-refractivity contribution in [3.63, 3.8) is 0 Å². The van der Waals surface area contributed by atoms with Crippen molar-refractivity contribution in [1.82, 2.24) is 15.3 Å². The van der Waals surface area contributed by atoms with E-state index in [-0.39, 0.29) is 17.1 Å². The van der Waals surface area contributed by atoms with E-state index in [1.165, 1.54) is 62.0 Å². The number of pyridine rings is 2. The maximum Gasteiger partial charge on any atom is 0.326 e. The normalized spacial score (nSPS) is 11.9. The van der Waals surface area contributed by atoms with Crippen LogP contribution in [0.3, 0.4) is 0 Å². The summed E-state index contributed by atoms with van der Waals surface area (Å²) in [5.41, 5.74) is 0.922. The first-order valence-electron chi connectivity index (χ1n) is 15.3.